The van der Waals surface area contributed by atoms with Crippen LogP contribution in [-0.2, 0) is 25.1 Å². The molecule has 16 heteroatoms. The van der Waals surface area contributed by atoms with Gasteiger partial charge in [0.15, 0.2) is 33.0 Å². The van der Waals surface area contributed by atoms with Crippen LogP contribution in [0.25, 0.3) is 5.69 Å². The molecule has 0 spiro atoms. The lowest BCUT2D eigenvalue weighted by Crippen LogP contribution is -2.51. The molecule has 41 heavy (non-hydrogen) atoms. The molecule has 14 nitrogen and oxygen atoms in total. The van der Waals surface area contributed by atoms with Crippen molar-refractivity contribution < 1.29 is 31.8 Å². The van der Waals surface area contributed by atoms with Crippen LogP contribution in [0.3, 0.4) is 0 Å². The van der Waals surface area contributed by atoms with Gasteiger partial charge in [0.2, 0.25) is 17.7 Å². The fraction of sp³-hybridized carbons (Fsp3) is 0.600. The Balaban J connectivity index is 1.52. The first kappa shape index (κ1) is 29.0. The maximum Gasteiger partial charge on any atom is 0.245 e. The van der Waals surface area contributed by atoms with Gasteiger partial charge in [-0.25, -0.2) is 22.8 Å². The predicted octanol–water partition coefficient (Wildman–Crippen LogP) is 1.84. The van der Waals surface area contributed by atoms with E-state index in [0.29, 0.717) is 25.4 Å². The summed E-state index contributed by atoms with van der Waals surface area (Å²) in [5.41, 5.74) is 0.282. The van der Waals surface area contributed by atoms with Crippen molar-refractivity contribution in [3.8, 4) is 17.4 Å². The molecule has 3 aromatic heterocycles. The molecular weight excluding hydrogens is 559 g/mol. The lowest BCUT2D eigenvalue weighted by atomic mass is 10.1. The van der Waals surface area contributed by atoms with Crippen molar-refractivity contribution in [1.82, 2.24) is 34.7 Å². The Morgan fingerprint density at radius 3 is 2.39 bits per heavy atom. The quantitative estimate of drug-likeness (QED) is 0.336. The van der Waals surface area contributed by atoms with E-state index in [9.17, 15) is 12.8 Å². The summed E-state index contributed by atoms with van der Waals surface area (Å²) in [6.07, 6.45) is 4.21. The maximum atomic E-state index is 14.1. The topological polar surface area (TPSA) is 157 Å². The number of hydrogen-bond donors (Lipinski definition) is 0. The average molecular weight is 593 g/mol. The molecule has 2 aliphatic rings. The molecule has 0 bridgehead atoms. The summed E-state index contributed by atoms with van der Waals surface area (Å²) in [7, 11) is -0.981. The van der Waals surface area contributed by atoms with Gasteiger partial charge in [0.25, 0.3) is 0 Å². The second-order valence-electron chi connectivity index (χ2n) is 10.1. The van der Waals surface area contributed by atoms with E-state index >= 15 is 0 Å². The highest BCUT2D eigenvalue weighted by molar-refractivity contribution is 7.91. The maximum absolute atomic E-state index is 14.1. The highest BCUT2D eigenvalue weighted by Crippen LogP contribution is 2.36. The molecule has 5 heterocycles. The van der Waals surface area contributed by atoms with Gasteiger partial charge in [-0.3, -0.25) is 4.57 Å². The summed E-state index contributed by atoms with van der Waals surface area (Å²) >= 11 is 0. The summed E-state index contributed by atoms with van der Waals surface area (Å²) in [5, 5.41) is 7.78. The van der Waals surface area contributed by atoms with E-state index in [2.05, 4.69) is 30.1 Å². The SMILES string of the molecule is COc1ncnc(OC)c1-n1c(CS(=O)(=O)[C@H]2C[C@H](OC(C)C)CN(c3ncc(F)cn3)C2)nnc1[C@H]1CCCO1. The predicted molar refractivity (Wildman–Crippen MR) is 143 cm³/mol. The molecule has 0 aliphatic carbocycles. The molecule has 0 saturated carbocycles. The zero-order valence-electron chi connectivity index (χ0n) is 23.3. The van der Waals surface area contributed by atoms with Crippen LogP contribution in [-0.4, -0.2) is 94.5 Å². The smallest absolute Gasteiger partial charge is 0.245 e. The zero-order chi connectivity index (χ0) is 29.1. The fourth-order valence-electron chi connectivity index (χ4n) is 5.18. The van der Waals surface area contributed by atoms with Crippen molar-refractivity contribution in [3.05, 3.63) is 36.2 Å². The lowest BCUT2D eigenvalue weighted by Gasteiger charge is -2.38. The minimum Gasteiger partial charge on any atom is -0.479 e. The summed E-state index contributed by atoms with van der Waals surface area (Å²) in [6.45, 7) is 4.78. The monoisotopic (exact) mass is 592 g/mol. The standard InChI is InChI=1S/C25H33FN8O6S/c1-15(2)40-17-8-18(12-33(11-17)25-27-9-16(26)10-28-25)41(35,36)13-20-31-32-22(19-6-5-7-39-19)34(20)21-23(37-3)29-14-30-24(21)38-4/h9-10,14-15,17-19H,5-8,11-13H2,1-4H3/t17-,18-,19+/m0/s1. The van der Waals surface area contributed by atoms with Crippen LogP contribution in [0.1, 0.15) is 50.9 Å². The normalized spacial score (nSPS) is 21.4. The van der Waals surface area contributed by atoms with Gasteiger partial charge in [-0.1, -0.05) is 0 Å². The summed E-state index contributed by atoms with van der Waals surface area (Å²) in [4.78, 5) is 18.2. The number of piperidine rings is 1. The Morgan fingerprint density at radius 1 is 1.07 bits per heavy atom. The molecule has 0 unspecified atom stereocenters. The van der Waals surface area contributed by atoms with Crippen molar-refractivity contribution in [2.24, 2.45) is 0 Å². The Hall–Kier alpha value is -3.50. The van der Waals surface area contributed by atoms with Gasteiger partial charge in [0.1, 0.15) is 18.2 Å². The largest absolute Gasteiger partial charge is 0.479 e. The van der Waals surface area contributed by atoms with Crippen molar-refractivity contribution in [1.29, 1.82) is 0 Å². The van der Waals surface area contributed by atoms with E-state index in [1.807, 2.05) is 13.8 Å². The number of halogens is 1. The molecule has 0 amide bonds. The number of hydrogen-bond acceptors (Lipinski definition) is 13. The summed E-state index contributed by atoms with van der Waals surface area (Å²) in [6, 6.07) is 0. The number of methoxy groups -OCH3 is 2. The molecule has 3 aromatic rings. The highest BCUT2D eigenvalue weighted by Gasteiger charge is 2.39. The summed E-state index contributed by atoms with van der Waals surface area (Å²) < 4.78 is 66.1. The highest BCUT2D eigenvalue weighted by atomic mass is 32.2. The first-order valence-corrected chi connectivity index (χ1v) is 15.0. The third kappa shape index (κ3) is 6.23. The average Bonchev–Trinajstić information content (AvgIpc) is 3.62. The number of aromatic nitrogens is 7. The van der Waals surface area contributed by atoms with Crippen LogP contribution in [0.15, 0.2) is 18.7 Å². The molecule has 2 aliphatic heterocycles. The van der Waals surface area contributed by atoms with Crippen LogP contribution in [0.2, 0.25) is 0 Å². The molecule has 0 aromatic carbocycles. The Morgan fingerprint density at radius 2 is 1.78 bits per heavy atom. The van der Waals surface area contributed by atoms with Crippen LogP contribution in [0.4, 0.5) is 10.3 Å². The second kappa shape index (κ2) is 12.2. The van der Waals surface area contributed by atoms with Crippen LogP contribution in [0.5, 0.6) is 11.8 Å². The second-order valence-corrected chi connectivity index (χ2v) is 12.4. The van der Waals surface area contributed by atoms with Crippen molar-refractivity contribution in [3.63, 3.8) is 0 Å². The molecular formula is C25H33FN8O6S. The van der Waals surface area contributed by atoms with Gasteiger partial charge in [0, 0.05) is 19.7 Å². The van der Waals surface area contributed by atoms with Gasteiger partial charge in [-0.2, -0.15) is 9.97 Å². The zero-order valence-corrected chi connectivity index (χ0v) is 24.1. The van der Waals surface area contributed by atoms with Crippen LogP contribution in [0, 0.1) is 5.82 Å². The van der Waals surface area contributed by atoms with Crippen molar-refractivity contribution >= 4 is 15.8 Å². The number of anilines is 1. The lowest BCUT2D eigenvalue weighted by molar-refractivity contribution is 0.00143. The number of sulfone groups is 1. The van der Waals surface area contributed by atoms with Gasteiger partial charge in [-0.05, 0) is 33.1 Å². The molecule has 0 radical (unpaired) electrons. The third-order valence-electron chi connectivity index (χ3n) is 6.90. The van der Waals surface area contributed by atoms with E-state index in [-0.39, 0.29) is 48.3 Å². The van der Waals surface area contributed by atoms with E-state index < -0.39 is 38.9 Å². The fourth-order valence-corrected chi connectivity index (χ4v) is 6.87. The van der Waals surface area contributed by atoms with E-state index in [0.717, 1.165) is 18.8 Å². The van der Waals surface area contributed by atoms with Gasteiger partial charge in [0.05, 0.1) is 44.1 Å². The molecule has 3 atom stereocenters. The third-order valence-corrected chi connectivity index (χ3v) is 8.92. The Bertz CT molecular complexity index is 1430. The van der Waals surface area contributed by atoms with E-state index in [1.165, 1.54) is 20.5 Å². The number of ether oxygens (including phenoxy) is 4. The Kier molecular flexibility index (Phi) is 8.60. The van der Waals surface area contributed by atoms with Gasteiger partial charge in [-0.15, -0.1) is 10.2 Å². The molecule has 5 rings (SSSR count). The molecule has 2 saturated heterocycles. The molecule has 2 fully saturated rings. The molecule has 0 N–H and O–H groups in total. The van der Waals surface area contributed by atoms with E-state index in [1.54, 1.807) is 9.47 Å². The summed E-state index contributed by atoms with van der Waals surface area (Å²) in [5.74, 6) is 0.0638. The van der Waals surface area contributed by atoms with E-state index in [4.69, 9.17) is 18.9 Å². The first-order valence-electron chi connectivity index (χ1n) is 13.3. The molecule has 222 valence electrons. The first-order chi connectivity index (χ1) is 19.7. The Labute approximate surface area is 237 Å². The number of nitrogens with zero attached hydrogens (tertiary/aromatic N) is 8. The van der Waals surface area contributed by atoms with Gasteiger partial charge < -0.3 is 23.8 Å². The number of rotatable bonds is 10. The van der Waals surface area contributed by atoms with Crippen LogP contribution < -0.4 is 14.4 Å². The minimum absolute atomic E-state index is 0.0970. The van der Waals surface area contributed by atoms with Crippen molar-refractivity contribution in [2.45, 2.75) is 62.4 Å². The minimum atomic E-state index is -3.87. The van der Waals surface area contributed by atoms with Crippen molar-refractivity contribution in [2.75, 3.05) is 38.8 Å². The van der Waals surface area contributed by atoms with Crippen LogP contribution >= 0.6 is 0 Å². The van der Waals surface area contributed by atoms with Gasteiger partial charge >= 0.3 is 0 Å².